The molecule has 4 aromatic rings. The molecule has 1 atom stereocenters. The monoisotopic (exact) mass is 493 g/mol. The van der Waals surface area contributed by atoms with Gasteiger partial charge in [0.05, 0.1) is 23.8 Å². The average Bonchev–Trinajstić information content (AvgIpc) is 3.46. The summed E-state index contributed by atoms with van der Waals surface area (Å²) in [6, 6.07) is 7.81. The largest absolute Gasteiger partial charge is 0.423 e. The van der Waals surface area contributed by atoms with Crippen molar-refractivity contribution in [3.05, 3.63) is 77.3 Å². The summed E-state index contributed by atoms with van der Waals surface area (Å²) in [6.45, 7) is 3.37. The predicted octanol–water partition coefficient (Wildman–Crippen LogP) is 3.67. The summed E-state index contributed by atoms with van der Waals surface area (Å²) in [6.07, 6.45) is 2.60. The molecule has 1 amide bonds. The van der Waals surface area contributed by atoms with Crippen LogP contribution in [-0.2, 0) is 5.54 Å². The number of halogens is 2. The number of fused-ring (bicyclic) bond motifs is 1. The quantitative estimate of drug-likeness (QED) is 0.304. The Morgan fingerprint density at radius 1 is 1.14 bits per heavy atom. The van der Waals surface area contributed by atoms with E-state index in [-0.39, 0.29) is 23.6 Å². The molecule has 10 nitrogen and oxygen atoms in total. The lowest BCUT2D eigenvalue weighted by Crippen LogP contribution is -2.32. The van der Waals surface area contributed by atoms with Crippen molar-refractivity contribution in [3.8, 4) is 11.5 Å². The molecule has 0 saturated carbocycles. The standard InChI is InChI=1S/C24H21F2N7O3/c1-24(2)16-8-13(4-5-14(16)21(35)32-24)29-23-27-9-15(22-33-28-11-36-22)20(31-23)30-19(10-34)12-3-6-17(25)18(26)7-12/h3-9,11,19,34H,10H2,1-2H3,(H,32,35)(H2,27,29,30,31)/t19-/m1/s1. The second-order valence-electron chi connectivity index (χ2n) is 8.72. The minimum absolute atomic E-state index is 0.120. The molecule has 5 rings (SSSR count). The van der Waals surface area contributed by atoms with Gasteiger partial charge in [-0.25, -0.2) is 13.8 Å². The predicted molar refractivity (Wildman–Crippen MR) is 125 cm³/mol. The number of hydrogen-bond acceptors (Lipinski definition) is 9. The Morgan fingerprint density at radius 3 is 2.69 bits per heavy atom. The molecule has 12 heteroatoms. The van der Waals surface area contributed by atoms with E-state index in [2.05, 4.69) is 36.1 Å². The van der Waals surface area contributed by atoms with Gasteiger partial charge in [0, 0.05) is 17.4 Å². The molecule has 0 bridgehead atoms. The van der Waals surface area contributed by atoms with Gasteiger partial charge in [0.1, 0.15) is 5.82 Å². The number of nitrogens with zero attached hydrogens (tertiary/aromatic N) is 4. The molecule has 2 aromatic heterocycles. The molecule has 184 valence electrons. The summed E-state index contributed by atoms with van der Waals surface area (Å²) in [7, 11) is 0. The van der Waals surface area contributed by atoms with Crippen molar-refractivity contribution in [2.75, 3.05) is 17.2 Å². The molecule has 3 heterocycles. The summed E-state index contributed by atoms with van der Waals surface area (Å²) in [5.41, 5.74) is 2.19. The Bertz CT molecular complexity index is 1440. The summed E-state index contributed by atoms with van der Waals surface area (Å²) in [5, 5.41) is 26.6. The molecule has 36 heavy (non-hydrogen) atoms. The van der Waals surface area contributed by atoms with Gasteiger partial charge < -0.3 is 25.5 Å². The maximum Gasteiger partial charge on any atom is 0.252 e. The van der Waals surface area contributed by atoms with E-state index in [1.807, 2.05) is 19.9 Å². The number of aliphatic hydroxyl groups excluding tert-OH is 1. The van der Waals surface area contributed by atoms with Crippen LogP contribution in [-0.4, -0.2) is 37.8 Å². The Hall–Kier alpha value is -4.45. The van der Waals surface area contributed by atoms with Crippen LogP contribution >= 0.6 is 0 Å². The minimum atomic E-state index is -1.04. The van der Waals surface area contributed by atoms with Crippen LogP contribution in [0.5, 0.6) is 0 Å². The molecular formula is C24H21F2N7O3. The molecule has 0 aliphatic carbocycles. The van der Waals surface area contributed by atoms with Gasteiger partial charge in [-0.15, -0.1) is 10.2 Å². The highest BCUT2D eigenvalue weighted by Crippen LogP contribution is 2.34. The number of benzene rings is 2. The van der Waals surface area contributed by atoms with Crippen molar-refractivity contribution in [3.63, 3.8) is 0 Å². The number of aliphatic hydroxyl groups is 1. The van der Waals surface area contributed by atoms with Crippen molar-refractivity contribution in [1.29, 1.82) is 0 Å². The van der Waals surface area contributed by atoms with Gasteiger partial charge in [0.15, 0.2) is 11.6 Å². The van der Waals surface area contributed by atoms with Crippen LogP contribution in [0.4, 0.5) is 26.2 Å². The number of hydrogen-bond donors (Lipinski definition) is 4. The minimum Gasteiger partial charge on any atom is -0.423 e. The van der Waals surface area contributed by atoms with Gasteiger partial charge in [0.25, 0.3) is 11.8 Å². The first-order valence-corrected chi connectivity index (χ1v) is 10.9. The fourth-order valence-corrected chi connectivity index (χ4v) is 4.01. The molecule has 0 fully saturated rings. The van der Waals surface area contributed by atoms with Crippen LogP contribution in [0.25, 0.3) is 11.5 Å². The number of amides is 1. The van der Waals surface area contributed by atoms with Crippen molar-refractivity contribution < 1.29 is 23.1 Å². The first-order valence-electron chi connectivity index (χ1n) is 10.9. The normalized spacial score (nSPS) is 14.8. The van der Waals surface area contributed by atoms with Crippen LogP contribution < -0.4 is 16.0 Å². The zero-order valence-electron chi connectivity index (χ0n) is 19.2. The fourth-order valence-electron chi connectivity index (χ4n) is 4.01. The van der Waals surface area contributed by atoms with Crippen LogP contribution in [0.2, 0.25) is 0 Å². The van der Waals surface area contributed by atoms with E-state index in [0.29, 0.717) is 22.4 Å². The number of anilines is 3. The SMILES string of the molecule is CC1(C)NC(=O)c2ccc(Nc3ncc(-c4nnco4)c(N[C@H](CO)c4ccc(F)c(F)c4)n3)cc21. The molecule has 0 radical (unpaired) electrons. The van der Waals surface area contributed by atoms with Gasteiger partial charge in [-0.2, -0.15) is 4.98 Å². The van der Waals surface area contributed by atoms with Crippen LogP contribution in [0.15, 0.2) is 53.4 Å². The van der Waals surface area contributed by atoms with E-state index < -0.39 is 29.8 Å². The van der Waals surface area contributed by atoms with Crippen LogP contribution in [0, 0.1) is 11.6 Å². The van der Waals surface area contributed by atoms with Gasteiger partial charge in [-0.3, -0.25) is 4.79 Å². The molecule has 4 N–H and O–H groups in total. The Morgan fingerprint density at radius 2 is 1.97 bits per heavy atom. The second kappa shape index (κ2) is 8.96. The molecule has 0 unspecified atom stereocenters. The van der Waals surface area contributed by atoms with E-state index in [0.717, 1.165) is 24.1 Å². The summed E-state index contributed by atoms with van der Waals surface area (Å²) < 4.78 is 32.5. The smallest absolute Gasteiger partial charge is 0.252 e. The maximum atomic E-state index is 13.8. The van der Waals surface area contributed by atoms with E-state index in [1.54, 1.807) is 12.1 Å². The zero-order chi connectivity index (χ0) is 25.4. The lowest BCUT2D eigenvalue weighted by atomic mass is 9.94. The number of aromatic nitrogens is 4. The van der Waals surface area contributed by atoms with Gasteiger partial charge in [-0.1, -0.05) is 6.07 Å². The molecule has 0 saturated heterocycles. The van der Waals surface area contributed by atoms with Crippen molar-refractivity contribution >= 4 is 23.4 Å². The summed E-state index contributed by atoms with van der Waals surface area (Å²) in [5.74, 6) is -1.65. The van der Waals surface area contributed by atoms with E-state index >= 15 is 0 Å². The number of carbonyl (C=O) groups excluding carboxylic acids is 1. The topological polar surface area (TPSA) is 138 Å². The Kier molecular flexibility index (Phi) is 5.80. The third-order valence-electron chi connectivity index (χ3n) is 5.84. The first-order chi connectivity index (χ1) is 17.2. The zero-order valence-corrected chi connectivity index (χ0v) is 19.2. The van der Waals surface area contributed by atoms with Crippen molar-refractivity contribution in [2.45, 2.75) is 25.4 Å². The molecule has 0 spiro atoms. The molecule has 2 aromatic carbocycles. The van der Waals surface area contributed by atoms with Gasteiger partial charge in [0.2, 0.25) is 12.3 Å². The number of nitrogens with one attached hydrogen (secondary N) is 3. The van der Waals surface area contributed by atoms with E-state index in [4.69, 9.17) is 4.42 Å². The summed E-state index contributed by atoms with van der Waals surface area (Å²) >= 11 is 0. The third kappa shape index (κ3) is 4.33. The van der Waals surface area contributed by atoms with Crippen LogP contribution in [0.1, 0.15) is 41.4 Å². The third-order valence-corrected chi connectivity index (χ3v) is 5.84. The maximum absolute atomic E-state index is 13.8. The molecular weight excluding hydrogens is 472 g/mol. The lowest BCUT2D eigenvalue weighted by molar-refractivity contribution is 0.0940. The number of rotatable bonds is 7. The lowest BCUT2D eigenvalue weighted by Gasteiger charge is -2.20. The molecule has 1 aliphatic rings. The van der Waals surface area contributed by atoms with Gasteiger partial charge in [-0.05, 0) is 55.3 Å². The fraction of sp³-hybridized carbons (Fsp3) is 0.208. The van der Waals surface area contributed by atoms with Crippen LogP contribution in [0.3, 0.4) is 0 Å². The Balaban J connectivity index is 1.49. The summed E-state index contributed by atoms with van der Waals surface area (Å²) in [4.78, 5) is 21.0. The van der Waals surface area contributed by atoms with Crippen molar-refractivity contribution in [1.82, 2.24) is 25.5 Å². The number of carbonyl (C=O) groups is 1. The highest BCUT2D eigenvalue weighted by atomic mass is 19.2. The Labute approximate surface area is 203 Å². The second-order valence-corrected chi connectivity index (χ2v) is 8.72. The van der Waals surface area contributed by atoms with Gasteiger partial charge >= 0.3 is 0 Å². The first kappa shape index (κ1) is 23.3. The highest BCUT2D eigenvalue weighted by molar-refractivity contribution is 6.00. The average molecular weight is 493 g/mol. The molecule has 1 aliphatic heterocycles. The van der Waals surface area contributed by atoms with E-state index in [1.165, 1.54) is 12.3 Å². The van der Waals surface area contributed by atoms with Crippen molar-refractivity contribution in [2.24, 2.45) is 0 Å². The van der Waals surface area contributed by atoms with E-state index in [9.17, 15) is 18.7 Å². The highest BCUT2D eigenvalue weighted by Gasteiger charge is 2.35.